The summed E-state index contributed by atoms with van der Waals surface area (Å²) in [6, 6.07) is 13.6. The average molecular weight is 610 g/mol. The van der Waals surface area contributed by atoms with Gasteiger partial charge in [0.25, 0.3) is 0 Å². The molecule has 1 fully saturated rings. The molecule has 218 valence electrons. The standard InChI is InChI=1S/C29H28ClN5O6S/c1-40-26(36)15-29(16-27(37)41-2)19-34(42(38,39)25-6-4-21-13-24(30)5-3-22(21)14-25)11-12-35(29)28-32-17-23(18-33-28)20-7-9-31-10-8-20/h3-10,13-14,17-18H,11-12,15-16,19H2,1-2H3. The van der Waals surface area contributed by atoms with Gasteiger partial charge in [0.1, 0.15) is 0 Å². The summed E-state index contributed by atoms with van der Waals surface area (Å²) in [4.78, 5) is 40.4. The number of aromatic nitrogens is 3. The van der Waals surface area contributed by atoms with Crippen LogP contribution in [0.2, 0.25) is 5.02 Å². The lowest BCUT2D eigenvalue weighted by molar-refractivity contribution is -0.145. The van der Waals surface area contributed by atoms with Crippen molar-refractivity contribution in [1.29, 1.82) is 0 Å². The van der Waals surface area contributed by atoms with Crippen LogP contribution >= 0.6 is 11.6 Å². The summed E-state index contributed by atoms with van der Waals surface area (Å²) in [6.45, 7) is -0.0563. The van der Waals surface area contributed by atoms with E-state index in [1.165, 1.54) is 24.6 Å². The lowest BCUT2D eigenvalue weighted by atomic mass is 9.87. The minimum Gasteiger partial charge on any atom is -0.469 e. The first-order valence-electron chi connectivity index (χ1n) is 13.0. The molecule has 0 aliphatic carbocycles. The van der Waals surface area contributed by atoms with Crippen molar-refractivity contribution in [2.24, 2.45) is 0 Å². The molecular weight excluding hydrogens is 582 g/mol. The Bertz CT molecular complexity index is 1700. The fraction of sp³-hybridized carbons (Fsp3) is 0.276. The molecule has 4 aromatic rings. The van der Waals surface area contributed by atoms with Crippen molar-refractivity contribution >= 4 is 50.3 Å². The Morgan fingerprint density at radius 3 is 2.14 bits per heavy atom. The molecule has 0 spiro atoms. The van der Waals surface area contributed by atoms with E-state index >= 15 is 0 Å². The number of hydrogen-bond donors (Lipinski definition) is 0. The van der Waals surface area contributed by atoms with Crippen LogP contribution in [0.25, 0.3) is 21.9 Å². The highest BCUT2D eigenvalue weighted by molar-refractivity contribution is 7.89. The van der Waals surface area contributed by atoms with Crippen molar-refractivity contribution in [3.63, 3.8) is 0 Å². The van der Waals surface area contributed by atoms with Gasteiger partial charge in [-0.15, -0.1) is 0 Å². The number of halogens is 1. The summed E-state index contributed by atoms with van der Waals surface area (Å²) >= 11 is 6.09. The Kier molecular flexibility index (Phi) is 8.39. The van der Waals surface area contributed by atoms with Crippen LogP contribution in [0.4, 0.5) is 5.95 Å². The van der Waals surface area contributed by atoms with E-state index in [-0.39, 0.29) is 43.3 Å². The first kappa shape index (κ1) is 29.4. The van der Waals surface area contributed by atoms with Gasteiger partial charge in [0.05, 0.1) is 37.5 Å². The van der Waals surface area contributed by atoms with Crippen molar-refractivity contribution in [1.82, 2.24) is 19.3 Å². The fourth-order valence-corrected chi connectivity index (χ4v) is 6.89. The lowest BCUT2D eigenvalue weighted by Crippen LogP contribution is -2.65. The van der Waals surface area contributed by atoms with Crippen LogP contribution in [-0.2, 0) is 29.1 Å². The zero-order valence-electron chi connectivity index (χ0n) is 22.9. The number of rotatable bonds is 8. The molecule has 0 N–H and O–H groups in total. The van der Waals surface area contributed by atoms with E-state index < -0.39 is 27.5 Å². The number of methoxy groups -OCH3 is 2. The van der Waals surface area contributed by atoms with Crippen molar-refractivity contribution in [2.45, 2.75) is 23.3 Å². The van der Waals surface area contributed by atoms with Crippen LogP contribution in [0.15, 0.2) is 78.2 Å². The highest BCUT2D eigenvalue weighted by Crippen LogP contribution is 2.36. The summed E-state index contributed by atoms with van der Waals surface area (Å²) in [5.41, 5.74) is 0.209. The van der Waals surface area contributed by atoms with E-state index in [4.69, 9.17) is 21.1 Å². The van der Waals surface area contributed by atoms with Gasteiger partial charge in [-0.3, -0.25) is 14.6 Å². The first-order valence-corrected chi connectivity index (χ1v) is 14.8. The van der Waals surface area contributed by atoms with Crippen LogP contribution in [-0.4, -0.2) is 79.0 Å². The molecule has 2 aromatic carbocycles. The lowest BCUT2D eigenvalue weighted by Gasteiger charge is -2.49. The van der Waals surface area contributed by atoms with Crippen molar-refractivity contribution < 1.29 is 27.5 Å². The number of benzene rings is 2. The van der Waals surface area contributed by atoms with Gasteiger partial charge in [-0.1, -0.05) is 23.7 Å². The van der Waals surface area contributed by atoms with Crippen LogP contribution in [0.5, 0.6) is 0 Å². The average Bonchev–Trinajstić information content (AvgIpc) is 3.01. The molecule has 0 unspecified atom stereocenters. The molecule has 0 atom stereocenters. The molecule has 11 nitrogen and oxygen atoms in total. The Hall–Kier alpha value is -4.13. The maximum absolute atomic E-state index is 14.0. The van der Waals surface area contributed by atoms with Gasteiger partial charge in [-0.2, -0.15) is 4.31 Å². The van der Waals surface area contributed by atoms with Crippen LogP contribution in [0.1, 0.15) is 12.8 Å². The summed E-state index contributed by atoms with van der Waals surface area (Å²) in [5, 5.41) is 2.04. The van der Waals surface area contributed by atoms with Gasteiger partial charge in [-0.25, -0.2) is 18.4 Å². The van der Waals surface area contributed by atoms with Gasteiger partial charge in [-0.05, 0) is 52.7 Å². The molecule has 0 radical (unpaired) electrons. The van der Waals surface area contributed by atoms with Gasteiger partial charge >= 0.3 is 11.9 Å². The van der Waals surface area contributed by atoms with Crippen LogP contribution < -0.4 is 4.90 Å². The molecule has 42 heavy (non-hydrogen) atoms. The number of esters is 2. The normalized spacial score (nSPS) is 15.4. The van der Waals surface area contributed by atoms with E-state index in [2.05, 4.69) is 15.0 Å². The number of anilines is 1. The molecular formula is C29H28ClN5O6S. The molecule has 1 saturated heterocycles. The van der Waals surface area contributed by atoms with Gasteiger partial charge in [0, 0.05) is 55.0 Å². The predicted octanol–water partition coefficient (Wildman–Crippen LogP) is 3.72. The molecule has 1 aliphatic heterocycles. The van der Waals surface area contributed by atoms with E-state index in [1.807, 2.05) is 12.1 Å². The Morgan fingerprint density at radius 1 is 0.881 bits per heavy atom. The molecule has 0 bridgehead atoms. The molecule has 13 heteroatoms. The number of ether oxygens (including phenoxy) is 2. The third kappa shape index (κ3) is 5.91. The molecule has 2 aromatic heterocycles. The molecule has 0 saturated carbocycles. The number of sulfonamides is 1. The second kappa shape index (κ2) is 12.0. The second-order valence-electron chi connectivity index (χ2n) is 9.88. The van der Waals surface area contributed by atoms with Gasteiger partial charge in [0.2, 0.25) is 16.0 Å². The van der Waals surface area contributed by atoms with Crippen molar-refractivity contribution in [3.8, 4) is 11.1 Å². The maximum Gasteiger partial charge on any atom is 0.307 e. The largest absolute Gasteiger partial charge is 0.469 e. The summed E-state index contributed by atoms with van der Waals surface area (Å²) in [6.07, 6.45) is 5.95. The number of piperazine rings is 1. The predicted molar refractivity (Wildman–Crippen MR) is 156 cm³/mol. The Labute approximate surface area is 248 Å². The zero-order valence-corrected chi connectivity index (χ0v) is 24.5. The quantitative estimate of drug-likeness (QED) is 0.272. The number of hydrogen-bond acceptors (Lipinski definition) is 10. The highest BCUT2D eigenvalue weighted by Gasteiger charge is 2.49. The minimum absolute atomic E-state index is 0.0561. The number of fused-ring (bicyclic) bond motifs is 1. The molecule has 1 aliphatic rings. The maximum atomic E-state index is 14.0. The number of carbonyl (C=O) groups is 2. The highest BCUT2D eigenvalue weighted by atomic mass is 35.5. The zero-order chi connectivity index (χ0) is 29.9. The second-order valence-corrected chi connectivity index (χ2v) is 12.3. The SMILES string of the molecule is COC(=O)CC1(CC(=O)OC)CN(S(=O)(=O)c2ccc3cc(Cl)ccc3c2)CCN1c1ncc(-c2ccncc2)cn1. The third-order valence-electron chi connectivity index (χ3n) is 7.32. The molecule has 3 heterocycles. The van der Waals surface area contributed by atoms with E-state index in [1.54, 1.807) is 60.0 Å². The van der Waals surface area contributed by atoms with E-state index in [0.717, 1.165) is 16.5 Å². The van der Waals surface area contributed by atoms with Crippen LogP contribution in [0, 0.1) is 0 Å². The van der Waals surface area contributed by atoms with Crippen molar-refractivity contribution in [3.05, 3.63) is 78.3 Å². The van der Waals surface area contributed by atoms with Gasteiger partial charge in [0.15, 0.2) is 0 Å². The first-order chi connectivity index (χ1) is 20.1. The summed E-state index contributed by atoms with van der Waals surface area (Å²) in [7, 11) is -1.58. The van der Waals surface area contributed by atoms with Gasteiger partial charge < -0.3 is 14.4 Å². The van der Waals surface area contributed by atoms with E-state index in [9.17, 15) is 18.0 Å². The smallest absolute Gasteiger partial charge is 0.307 e. The Balaban J connectivity index is 1.54. The summed E-state index contributed by atoms with van der Waals surface area (Å²) in [5.74, 6) is -1.02. The van der Waals surface area contributed by atoms with E-state index in [0.29, 0.717) is 10.4 Å². The van der Waals surface area contributed by atoms with Crippen molar-refractivity contribution in [2.75, 3.05) is 38.8 Å². The third-order valence-corrected chi connectivity index (χ3v) is 9.40. The fourth-order valence-electron chi connectivity index (χ4n) is 5.16. The topological polar surface area (TPSA) is 132 Å². The number of carbonyl (C=O) groups excluding carboxylic acids is 2. The number of pyridine rings is 1. The Morgan fingerprint density at radius 2 is 1.50 bits per heavy atom. The molecule has 5 rings (SSSR count). The van der Waals surface area contributed by atoms with Crippen LogP contribution in [0.3, 0.4) is 0 Å². The minimum atomic E-state index is -4.05. The molecule has 0 amide bonds. The summed E-state index contributed by atoms with van der Waals surface area (Å²) < 4.78 is 39.1. The monoisotopic (exact) mass is 609 g/mol. The number of nitrogens with zero attached hydrogens (tertiary/aromatic N) is 5.